The third-order valence-corrected chi connectivity index (χ3v) is 6.80. The normalized spacial score (nSPS) is 12.6. The van der Waals surface area contributed by atoms with Gasteiger partial charge in [0, 0.05) is 19.0 Å². The van der Waals surface area contributed by atoms with Crippen molar-refractivity contribution >= 4 is 11.8 Å². The van der Waals surface area contributed by atoms with Gasteiger partial charge < -0.3 is 10.2 Å². The number of hydrogen-bond acceptors (Lipinski definition) is 2. The van der Waals surface area contributed by atoms with Gasteiger partial charge in [0.2, 0.25) is 11.8 Å². The topological polar surface area (TPSA) is 49.4 Å². The predicted octanol–water partition coefficient (Wildman–Crippen LogP) is 5.71. The number of nitrogens with one attached hydrogen (secondary N) is 1. The molecule has 0 heterocycles. The molecule has 0 radical (unpaired) electrons. The van der Waals surface area contributed by atoms with E-state index in [9.17, 15) is 9.59 Å². The molecule has 3 aromatic rings. The Morgan fingerprint density at radius 2 is 1.51 bits per heavy atom. The molecule has 0 aromatic heterocycles. The first-order chi connectivity index (χ1) is 16.8. The third-order valence-electron chi connectivity index (χ3n) is 6.80. The van der Waals surface area contributed by atoms with E-state index >= 15 is 0 Å². The molecule has 0 unspecified atom stereocenters. The molecule has 0 saturated heterocycles. The summed E-state index contributed by atoms with van der Waals surface area (Å²) in [5, 5.41) is 3.13. The van der Waals surface area contributed by atoms with Crippen LogP contribution in [0.3, 0.4) is 0 Å². The molecule has 0 fully saturated rings. The molecule has 0 aliphatic rings. The molecular weight excluding hydrogens is 432 g/mol. The van der Waals surface area contributed by atoms with Gasteiger partial charge in [0.05, 0.1) is 6.42 Å². The predicted molar refractivity (Wildman–Crippen MR) is 143 cm³/mol. The maximum absolute atomic E-state index is 13.9. The van der Waals surface area contributed by atoms with E-state index in [1.165, 1.54) is 5.56 Å². The van der Waals surface area contributed by atoms with Gasteiger partial charge in [-0.25, -0.2) is 0 Å². The van der Waals surface area contributed by atoms with Gasteiger partial charge in [0.1, 0.15) is 6.04 Å². The highest BCUT2D eigenvalue weighted by atomic mass is 16.2. The van der Waals surface area contributed by atoms with Gasteiger partial charge in [-0.2, -0.15) is 0 Å². The van der Waals surface area contributed by atoms with Crippen LogP contribution < -0.4 is 5.32 Å². The Kier molecular flexibility index (Phi) is 9.25. The first-order valence-electron chi connectivity index (χ1n) is 12.5. The number of aryl methyl sites for hydroxylation is 3. The number of carbonyl (C=O) groups is 2. The molecule has 0 spiro atoms. The van der Waals surface area contributed by atoms with Crippen LogP contribution in [0.25, 0.3) is 0 Å². The van der Waals surface area contributed by atoms with E-state index in [1.54, 1.807) is 4.90 Å². The highest BCUT2D eigenvalue weighted by Gasteiger charge is 2.31. The van der Waals surface area contributed by atoms with Gasteiger partial charge in [0.25, 0.3) is 0 Å². The van der Waals surface area contributed by atoms with Crippen LogP contribution in [0.1, 0.15) is 53.6 Å². The molecule has 0 bridgehead atoms. The van der Waals surface area contributed by atoms with Crippen molar-refractivity contribution in [2.45, 2.75) is 72.5 Å². The Morgan fingerprint density at radius 3 is 2.17 bits per heavy atom. The molecule has 2 amide bonds. The lowest BCUT2D eigenvalue weighted by Crippen LogP contribution is -2.52. The number of benzene rings is 3. The van der Waals surface area contributed by atoms with Gasteiger partial charge in [0.15, 0.2) is 0 Å². The maximum atomic E-state index is 13.9. The Bertz CT molecular complexity index is 1140. The van der Waals surface area contributed by atoms with E-state index in [1.807, 2.05) is 81.4 Å². The minimum Gasteiger partial charge on any atom is -0.352 e. The van der Waals surface area contributed by atoms with Crippen LogP contribution in [0.15, 0.2) is 72.8 Å². The fourth-order valence-corrected chi connectivity index (χ4v) is 4.16. The van der Waals surface area contributed by atoms with Crippen molar-refractivity contribution in [1.29, 1.82) is 0 Å². The first-order valence-corrected chi connectivity index (χ1v) is 12.5. The van der Waals surface area contributed by atoms with E-state index in [4.69, 9.17) is 0 Å². The van der Waals surface area contributed by atoms with E-state index < -0.39 is 6.04 Å². The maximum Gasteiger partial charge on any atom is 0.243 e. The molecule has 3 rings (SSSR count). The van der Waals surface area contributed by atoms with Gasteiger partial charge in [-0.3, -0.25) is 9.59 Å². The van der Waals surface area contributed by atoms with Gasteiger partial charge in [-0.15, -0.1) is 0 Å². The van der Waals surface area contributed by atoms with Gasteiger partial charge >= 0.3 is 0 Å². The Balaban J connectivity index is 1.99. The fraction of sp³-hybridized carbons (Fsp3) is 0.355. The van der Waals surface area contributed by atoms with Crippen molar-refractivity contribution in [3.8, 4) is 0 Å². The molecule has 0 aliphatic heterocycles. The molecule has 3 aromatic carbocycles. The first kappa shape index (κ1) is 26.2. The van der Waals surface area contributed by atoms with Crippen molar-refractivity contribution in [2.24, 2.45) is 0 Å². The van der Waals surface area contributed by atoms with Crippen LogP contribution >= 0.6 is 0 Å². The lowest BCUT2D eigenvalue weighted by molar-refractivity contribution is -0.141. The van der Waals surface area contributed by atoms with E-state index in [0.29, 0.717) is 13.0 Å². The Labute approximate surface area is 210 Å². The molecular formula is C31H38N2O2. The van der Waals surface area contributed by atoms with Crippen molar-refractivity contribution in [3.05, 3.63) is 106 Å². The molecule has 184 valence electrons. The number of hydrogen-bond donors (Lipinski definition) is 1. The summed E-state index contributed by atoms with van der Waals surface area (Å²) >= 11 is 0. The van der Waals surface area contributed by atoms with Crippen LogP contribution in [-0.2, 0) is 29.0 Å². The van der Waals surface area contributed by atoms with Crippen molar-refractivity contribution in [2.75, 3.05) is 0 Å². The van der Waals surface area contributed by atoms with Crippen LogP contribution in [0.4, 0.5) is 0 Å². The summed E-state index contributed by atoms with van der Waals surface area (Å²) in [6.45, 7) is 10.6. The SMILES string of the molecule is CC[C@H](C)NC(=O)[C@H](Cc1ccccc1)N(Cc1ccccc1C)C(=O)Cc1ccc(C)c(C)c1. The van der Waals surface area contributed by atoms with Crippen molar-refractivity contribution in [3.63, 3.8) is 0 Å². The highest BCUT2D eigenvalue weighted by Crippen LogP contribution is 2.19. The van der Waals surface area contributed by atoms with Gasteiger partial charge in [-0.05, 0) is 67.5 Å². The zero-order valence-electron chi connectivity index (χ0n) is 21.7. The lowest BCUT2D eigenvalue weighted by Gasteiger charge is -2.33. The summed E-state index contributed by atoms with van der Waals surface area (Å²) in [6, 6.07) is 23.6. The summed E-state index contributed by atoms with van der Waals surface area (Å²) in [7, 11) is 0. The standard InChI is InChI=1S/C31H38N2O2/c1-6-25(5)32-31(35)29(19-26-13-8-7-9-14-26)33(21-28-15-11-10-12-23(28)3)30(34)20-27-17-16-22(2)24(4)18-27/h7-18,25,29H,6,19-21H2,1-5H3,(H,32,35)/t25-,29-/m0/s1. The molecule has 4 nitrogen and oxygen atoms in total. The molecule has 0 aliphatic carbocycles. The monoisotopic (exact) mass is 470 g/mol. The van der Waals surface area contributed by atoms with Crippen LogP contribution in [0.5, 0.6) is 0 Å². The largest absolute Gasteiger partial charge is 0.352 e. The van der Waals surface area contributed by atoms with Gasteiger partial charge in [-0.1, -0.05) is 79.7 Å². The summed E-state index contributed by atoms with van der Waals surface area (Å²) in [5.41, 5.74) is 6.52. The second-order valence-corrected chi connectivity index (χ2v) is 9.57. The fourth-order valence-electron chi connectivity index (χ4n) is 4.16. The second kappa shape index (κ2) is 12.3. The molecule has 4 heteroatoms. The van der Waals surface area contributed by atoms with Crippen LogP contribution in [-0.4, -0.2) is 28.8 Å². The lowest BCUT2D eigenvalue weighted by atomic mass is 9.99. The molecule has 2 atom stereocenters. The molecule has 0 saturated carbocycles. The number of amides is 2. The average molecular weight is 471 g/mol. The summed E-state index contributed by atoms with van der Waals surface area (Å²) in [5.74, 6) is -0.151. The summed E-state index contributed by atoms with van der Waals surface area (Å²) in [6.07, 6.45) is 1.56. The van der Waals surface area contributed by atoms with E-state index in [2.05, 4.69) is 31.3 Å². The zero-order chi connectivity index (χ0) is 25.4. The molecule has 1 N–H and O–H groups in total. The smallest absolute Gasteiger partial charge is 0.243 e. The minimum absolute atomic E-state index is 0.0379. The van der Waals surface area contributed by atoms with E-state index in [0.717, 1.165) is 34.2 Å². The van der Waals surface area contributed by atoms with Crippen LogP contribution in [0, 0.1) is 20.8 Å². The summed E-state index contributed by atoms with van der Waals surface area (Å²) in [4.78, 5) is 29.2. The number of carbonyl (C=O) groups excluding carboxylic acids is 2. The highest BCUT2D eigenvalue weighted by molar-refractivity contribution is 5.89. The van der Waals surface area contributed by atoms with E-state index in [-0.39, 0.29) is 24.3 Å². The summed E-state index contributed by atoms with van der Waals surface area (Å²) < 4.78 is 0. The average Bonchev–Trinajstić information content (AvgIpc) is 2.85. The number of nitrogens with zero attached hydrogens (tertiary/aromatic N) is 1. The van der Waals surface area contributed by atoms with Crippen LogP contribution in [0.2, 0.25) is 0 Å². The van der Waals surface area contributed by atoms with Crippen molar-refractivity contribution < 1.29 is 9.59 Å². The zero-order valence-corrected chi connectivity index (χ0v) is 21.7. The quantitative estimate of drug-likeness (QED) is 0.413. The Hall–Kier alpha value is -3.40. The second-order valence-electron chi connectivity index (χ2n) is 9.57. The molecule has 35 heavy (non-hydrogen) atoms. The number of rotatable bonds is 10. The van der Waals surface area contributed by atoms with Crippen molar-refractivity contribution in [1.82, 2.24) is 10.2 Å². The Morgan fingerprint density at radius 1 is 0.829 bits per heavy atom. The minimum atomic E-state index is -0.606. The third kappa shape index (κ3) is 7.29.